The topological polar surface area (TPSA) is 99.6 Å². The van der Waals surface area contributed by atoms with Gasteiger partial charge in [0.05, 0.1) is 26.5 Å². The van der Waals surface area contributed by atoms with Crippen molar-refractivity contribution >= 4 is 66.3 Å². The molecule has 1 heterocycles. The molecule has 0 aliphatic rings. The third-order valence-corrected chi connectivity index (χ3v) is 6.83. The van der Waals surface area contributed by atoms with Crippen LogP contribution in [0.4, 0.5) is 5.69 Å². The first-order valence-electron chi connectivity index (χ1n) is 11.4. The van der Waals surface area contributed by atoms with Gasteiger partial charge in [0, 0.05) is 27.5 Å². The molecule has 0 aliphatic heterocycles. The lowest BCUT2D eigenvalue weighted by Gasteiger charge is -2.11. The molecule has 0 spiro atoms. The summed E-state index contributed by atoms with van der Waals surface area (Å²) in [6.07, 6.45) is 3.73. The molecule has 3 aromatic carbocycles. The highest BCUT2D eigenvalue weighted by atomic mass is 79.9. The van der Waals surface area contributed by atoms with Crippen LogP contribution in [0.2, 0.25) is 5.02 Å². The van der Waals surface area contributed by atoms with E-state index in [0.29, 0.717) is 38.2 Å². The Morgan fingerprint density at radius 2 is 1.92 bits per heavy atom. The van der Waals surface area contributed by atoms with Crippen molar-refractivity contribution in [1.29, 1.82) is 0 Å². The molecular weight excluding hydrogens is 628 g/mol. The van der Waals surface area contributed by atoms with E-state index >= 15 is 0 Å². The molecule has 0 fully saturated rings. The van der Waals surface area contributed by atoms with Gasteiger partial charge in [0.15, 0.2) is 0 Å². The van der Waals surface area contributed by atoms with Crippen LogP contribution < -0.4 is 10.3 Å². The Bertz CT molecular complexity index is 1560. The van der Waals surface area contributed by atoms with E-state index in [0.717, 1.165) is 22.9 Å². The minimum absolute atomic E-state index is 0.0927. The number of benzene rings is 3. The van der Waals surface area contributed by atoms with Crippen LogP contribution in [-0.2, 0) is 13.0 Å². The summed E-state index contributed by atoms with van der Waals surface area (Å²) in [5.74, 6) is 0.615. The minimum Gasteiger partial charge on any atom is -0.481 e. The lowest BCUT2D eigenvalue weighted by atomic mass is 10.2. The average Bonchev–Trinajstić information content (AvgIpc) is 2.87. The molecule has 0 atom stereocenters. The summed E-state index contributed by atoms with van der Waals surface area (Å²) in [5, 5.41) is 17.2. The van der Waals surface area contributed by atoms with Crippen molar-refractivity contribution in [2.24, 2.45) is 5.10 Å². The van der Waals surface area contributed by atoms with E-state index < -0.39 is 4.92 Å². The SMILES string of the molecule is CCCCc1nc2ccc(Br)cc2c(=O)n1N=Cc1cc(Br)c(OCc2ccc(Cl)cc2)c([N+](=O)[O-])c1. The first-order chi connectivity index (χ1) is 17.8. The van der Waals surface area contributed by atoms with Crippen LogP contribution in [0.5, 0.6) is 5.75 Å². The number of aryl methyl sites for hydroxylation is 1. The molecule has 0 radical (unpaired) electrons. The van der Waals surface area contributed by atoms with Gasteiger partial charge in [0.25, 0.3) is 5.56 Å². The fourth-order valence-corrected chi connectivity index (χ4v) is 4.69. The smallest absolute Gasteiger partial charge is 0.312 e. The molecule has 0 N–H and O–H groups in total. The maximum Gasteiger partial charge on any atom is 0.312 e. The number of hydrogen-bond acceptors (Lipinski definition) is 6. The third kappa shape index (κ3) is 6.44. The van der Waals surface area contributed by atoms with E-state index in [9.17, 15) is 14.9 Å². The van der Waals surface area contributed by atoms with Crippen molar-refractivity contribution in [3.05, 3.63) is 106 Å². The number of nitro benzene ring substituents is 1. The zero-order valence-corrected chi connectivity index (χ0v) is 23.6. The Morgan fingerprint density at radius 1 is 1.16 bits per heavy atom. The maximum atomic E-state index is 13.3. The van der Waals surface area contributed by atoms with Crippen LogP contribution in [0, 0.1) is 10.1 Å². The second kappa shape index (κ2) is 12.0. The summed E-state index contributed by atoms with van der Waals surface area (Å²) in [6.45, 7) is 2.18. The number of unbranched alkanes of at least 4 members (excludes halogenated alkanes) is 1. The zero-order chi connectivity index (χ0) is 26.5. The van der Waals surface area contributed by atoms with Crippen LogP contribution in [0.15, 0.2) is 73.4 Å². The normalized spacial score (nSPS) is 11.4. The lowest BCUT2D eigenvalue weighted by Crippen LogP contribution is -2.22. The summed E-state index contributed by atoms with van der Waals surface area (Å²) in [6, 6.07) is 15.3. The van der Waals surface area contributed by atoms with Gasteiger partial charge in [0.1, 0.15) is 12.4 Å². The quantitative estimate of drug-likeness (QED) is 0.108. The average molecular weight is 649 g/mol. The highest BCUT2D eigenvalue weighted by Crippen LogP contribution is 2.36. The molecule has 0 unspecified atom stereocenters. The third-order valence-electron chi connectivity index (χ3n) is 5.49. The summed E-state index contributed by atoms with van der Waals surface area (Å²) < 4.78 is 8.17. The summed E-state index contributed by atoms with van der Waals surface area (Å²) >= 11 is 12.7. The molecule has 0 bridgehead atoms. The minimum atomic E-state index is -0.521. The first kappa shape index (κ1) is 27.0. The van der Waals surface area contributed by atoms with E-state index in [1.807, 2.05) is 6.07 Å². The fraction of sp³-hybridized carbons (Fsp3) is 0.192. The second-order valence-corrected chi connectivity index (χ2v) is 10.4. The molecule has 4 aromatic rings. The summed E-state index contributed by atoms with van der Waals surface area (Å²) in [7, 11) is 0. The zero-order valence-electron chi connectivity index (χ0n) is 19.7. The number of hydrogen-bond donors (Lipinski definition) is 0. The second-order valence-electron chi connectivity index (χ2n) is 8.18. The highest BCUT2D eigenvalue weighted by molar-refractivity contribution is 9.10. The van der Waals surface area contributed by atoms with E-state index in [4.69, 9.17) is 16.3 Å². The number of rotatable bonds is 9. The van der Waals surface area contributed by atoms with Gasteiger partial charge in [0.2, 0.25) is 5.75 Å². The summed E-state index contributed by atoms with van der Waals surface area (Å²) in [4.78, 5) is 29.2. The molecule has 0 aliphatic carbocycles. The van der Waals surface area contributed by atoms with E-state index in [-0.39, 0.29) is 23.6 Å². The predicted molar refractivity (Wildman–Crippen MR) is 152 cm³/mol. The number of nitrogens with zero attached hydrogens (tertiary/aromatic N) is 4. The van der Waals surface area contributed by atoms with E-state index in [1.54, 1.807) is 42.5 Å². The van der Waals surface area contributed by atoms with Gasteiger partial charge in [-0.05, 0) is 64.3 Å². The van der Waals surface area contributed by atoms with Gasteiger partial charge in [-0.3, -0.25) is 14.9 Å². The molecule has 0 amide bonds. The maximum absolute atomic E-state index is 13.3. The lowest BCUT2D eigenvalue weighted by molar-refractivity contribution is -0.386. The van der Waals surface area contributed by atoms with Crippen LogP contribution in [0.25, 0.3) is 10.9 Å². The monoisotopic (exact) mass is 646 g/mol. The van der Waals surface area contributed by atoms with Crippen molar-refractivity contribution < 1.29 is 9.66 Å². The predicted octanol–water partition coefficient (Wildman–Crippen LogP) is 7.29. The van der Waals surface area contributed by atoms with Gasteiger partial charge in [-0.1, -0.05) is 53.0 Å². The van der Waals surface area contributed by atoms with Crippen LogP contribution in [0.1, 0.15) is 36.7 Å². The molecule has 190 valence electrons. The highest BCUT2D eigenvalue weighted by Gasteiger charge is 2.20. The van der Waals surface area contributed by atoms with Crippen molar-refractivity contribution in [2.45, 2.75) is 32.8 Å². The Balaban J connectivity index is 1.70. The molecule has 0 saturated carbocycles. The Labute approximate surface area is 234 Å². The Hall–Kier alpha value is -3.08. The van der Waals surface area contributed by atoms with Crippen LogP contribution in [0.3, 0.4) is 0 Å². The number of aromatic nitrogens is 2. The fourth-order valence-electron chi connectivity index (χ4n) is 3.62. The molecule has 0 saturated heterocycles. The van der Waals surface area contributed by atoms with E-state index in [2.05, 4.69) is 48.9 Å². The molecule has 11 heteroatoms. The van der Waals surface area contributed by atoms with Gasteiger partial charge >= 0.3 is 5.69 Å². The van der Waals surface area contributed by atoms with Gasteiger partial charge in [-0.2, -0.15) is 9.78 Å². The van der Waals surface area contributed by atoms with Crippen LogP contribution >= 0.6 is 43.5 Å². The molecule has 37 heavy (non-hydrogen) atoms. The largest absolute Gasteiger partial charge is 0.481 e. The molecule has 1 aromatic heterocycles. The Kier molecular flexibility index (Phi) is 8.73. The van der Waals surface area contributed by atoms with Crippen molar-refractivity contribution in [1.82, 2.24) is 9.66 Å². The van der Waals surface area contributed by atoms with Gasteiger partial charge in [-0.25, -0.2) is 4.98 Å². The molecule has 4 rings (SSSR count). The number of fused-ring (bicyclic) bond motifs is 1. The standard InChI is InChI=1S/C26H21Br2ClN4O4/c1-2-3-4-24-31-22-10-7-18(27)13-20(22)26(34)32(24)30-14-17-11-21(28)25(23(12-17)33(35)36)37-15-16-5-8-19(29)9-6-16/h5-14H,2-4,15H2,1H3. The summed E-state index contributed by atoms with van der Waals surface area (Å²) in [5.41, 5.74) is 1.27. The van der Waals surface area contributed by atoms with Crippen LogP contribution in [-0.4, -0.2) is 20.8 Å². The molecular formula is C26H21Br2ClN4O4. The first-order valence-corrected chi connectivity index (χ1v) is 13.3. The van der Waals surface area contributed by atoms with Crippen molar-refractivity contribution in [2.75, 3.05) is 0 Å². The number of ether oxygens (including phenoxy) is 1. The van der Waals surface area contributed by atoms with Gasteiger partial charge in [-0.15, -0.1) is 0 Å². The van der Waals surface area contributed by atoms with Crippen molar-refractivity contribution in [3.63, 3.8) is 0 Å². The number of halogens is 3. The van der Waals surface area contributed by atoms with E-state index in [1.165, 1.54) is 17.0 Å². The molecule has 8 nitrogen and oxygen atoms in total. The van der Waals surface area contributed by atoms with Crippen molar-refractivity contribution in [3.8, 4) is 5.75 Å². The van der Waals surface area contributed by atoms with Gasteiger partial charge < -0.3 is 4.74 Å². The Morgan fingerprint density at radius 3 is 2.62 bits per heavy atom. The number of nitro groups is 1.